The predicted octanol–water partition coefficient (Wildman–Crippen LogP) is 2.54. The molecule has 8 nitrogen and oxygen atoms in total. The number of nitrogens with one attached hydrogen (secondary N) is 1. The Morgan fingerprint density at radius 1 is 0.875 bits per heavy atom. The summed E-state index contributed by atoms with van der Waals surface area (Å²) < 4.78 is 0. The van der Waals surface area contributed by atoms with Crippen LogP contribution >= 0.6 is 0 Å². The SMILES string of the molecule is O=C(NC(Cc1ccccc1)C(O)C(=O)O)c1cc(O)cc(-c2ccccc2C(=O)O)c1. The van der Waals surface area contributed by atoms with E-state index in [0.29, 0.717) is 16.7 Å². The minimum Gasteiger partial charge on any atom is -0.508 e. The van der Waals surface area contributed by atoms with E-state index in [1.165, 1.54) is 24.3 Å². The van der Waals surface area contributed by atoms with Crippen molar-refractivity contribution in [3.63, 3.8) is 0 Å². The normalized spacial score (nSPS) is 12.5. The van der Waals surface area contributed by atoms with Crippen molar-refractivity contribution in [3.8, 4) is 16.9 Å². The van der Waals surface area contributed by atoms with Gasteiger partial charge in [-0.3, -0.25) is 4.79 Å². The second kappa shape index (κ2) is 9.76. The summed E-state index contributed by atoms with van der Waals surface area (Å²) in [5.41, 5.74) is 1.29. The first-order valence-electron chi connectivity index (χ1n) is 9.68. The van der Waals surface area contributed by atoms with Gasteiger partial charge in [0.2, 0.25) is 0 Å². The first-order chi connectivity index (χ1) is 15.3. The number of aliphatic hydroxyl groups excluding tert-OH is 1. The molecule has 0 aliphatic carbocycles. The zero-order valence-electron chi connectivity index (χ0n) is 16.8. The van der Waals surface area contributed by atoms with Crippen LogP contribution in [0.25, 0.3) is 11.1 Å². The molecule has 32 heavy (non-hydrogen) atoms. The van der Waals surface area contributed by atoms with Gasteiger partial charge in [0.1, 0.15) is 5.75 Å². The van der Waals surface area contributed by atoms with E-state index in [9.17, 15) is 34.8 Å². The van der Waals surface area contributed by atoms with Gasteiger partial charge in [0.15, 0.2) is 6.10 Å². The van der Waals surface area contributed by atoms with Crippen molar-refractivity contribution < 1.29 is 34.8 Å². The maximum absolute atomic E-state index is 12.9. The van der Waals surface area contributed by atoms with Crippen LogP contribution in [0.2, 0.25) is 0 Å². The van der Waals surface area contributed by atoms with Gasteiger partial charge in [-0.2, -0.15) is 0 Å². The fourth-order valence-corrected chi connectivity index (χ4v) is 3.35. The molecule has 2 unspecified atom stereocenters. The van der Waals surface area contributed by atoms with E-state index in [0.717, 1.165) is 0 Å². The van der Waals surface area contributed by atoms with E-state index >= 15 is 0 Å². The van der Waals surface area contributed by atoms with Crippen LogP contribution in [0.4, 0.5) is 0 Å². The van der Waals surface area contributed by atoms with Crippen LogP contribution in [0.3, 0.4) is 0 Å². The zero-order chi connectivity index (χ0) is 23.3. The second-order valence-corrected chi connectivity index (χ2v) is 7.17. The van der Waals surface area contributed by atoms with Crippen LogP contribution < -0.4 is 5.32 Å². The number of carboxylic acids is 2. The molecule has 164 valence electrons. The van der Waals surface area contributed by atoms with Gasteiger partial charge in [0.05, 0.1) is 11.6 Å². The number of aliphatic hydroxyl groups is 1. The lowest BCUT2D eigenvalue weighted by Crippen LogP contribution is -2.48. The highest BCUT2D eigenvalue weighted by atomic mass is 16.4. The number of carbonyl (C=O) groups is 3. The third-order valence-corrected chi connectivity index (χ3v) is 4.90. The molecular weight excluding hydrogens is 414 g/mol. The highest BCUT2D eigenvalue weighted by molar-refractivity contribution is 5.99. The van der Waals surface area contributed by atoms with E-state index in [1.807, 2.05) is 0 Å². The molecule has 0 saturated carbocycles. The Hall–Kier alpha value is -4.17. The molecule has 3 aromatic carbocycles. The number of aliphatic carboxylic acids is 1. The average Bonchev–Trinajstić information content (AvgIpc) is 2.78. The standard InChI is InChI=1S/C24H21NO7/c26-17-12-15(18-8-4-5-9-19(18)23(29)30)11-16(13-17)22(28)25-20(21(27)24(31)32)10-14-6-2-1-3-7-14/h1-9,11-13,20-21,26-27H,10H2,(H,25,28)(H,29,30)(H,31,32). The molecule has 0 saturated heterocycles. The molecule has 5 N–H and O–H groups in total. The Bertz CT molecular complexity index is 1140. The maximum Gasteiger partial charge on any atom is 0.336 e. The number of aromatic hydroxyl groups is 1. The van der Waals surface area contributed by atoms with E-state index in [2.05, 4.69) is 5.32 Å². The highest BCUT2D eigenvalue weighted by Crippen LogP contribution is 2.28. The monoisotopic (exact) mass is 435 g/mol. The number of hydrogen-bond acceptors (Lipinski definition) is 5. The molecule has 2 atom stereocenters. The molecule has 0 bridgehead atoms. The Labute approximate surface area is 183 Å². The van der Waals surface area contributed by atoms with Crippen LogP contribution in [0.15, 0.2) is 72.8 Å². The molecule has 0 fully saturated rings. The molecule has 0 radical (unpaired) electrons. The molecule has 0 spiro atoms. The van der Waals surface area contributed by atoms with Gasteiger partial charge >= 0.3 is 11.9 Å². The summed E-state index contributed by atoms with van der Waals surface area (Å²) in [6, 6.07) is 17.7. The minimum atomic E-state index is -1.86. The fraction of sp³-hybridized carbons (Fsp3) is 0.125. The van der Waals surface area contributed by atoms with Gasteiger partial charge in [0.25, 0.3) is 5.91 Å². The third kappa shape index (κ3) is 5.30. The smallest absolute Gasteiger partial charge is 0.336 e. The summed E-state index contributed by atoms with van der Waals surface area (Å²) in [5.74, 6) is -3.65. The van der Waals surface area contributed by atoms with Crippen LogP contribution in [0.1, 0.15) is 26.3 Å². The van der Waals surface area contributed by atoms with Crippen molar-refractivity contribution in [3.05, 3.63) is 89.5 Å². The predicted molar refractivity (Wildman–Crippen MR) is 116 cm³/mol. The molecule has 3 aromatic rings. The van der Waals surface area contributed by atoms with E-state index < -0.39 is 30.0 Å². The van der Waals surface area contributed by atoms with Crippen LogP contribution in [0.5, 0.6) is 5.75 Å². The zero-order valence-corrected chi connectivity index (χ0v) is 16.8. The third-order valence-electron chi connectivity index (χ3n) is 4.90. The van der Waals surface area contributed by atoms with Crippen molar-refractivity contribution in [2.45, 2.75) is 18.6 Å². The summed E-state index contributed by atoms with van der Waals surface area (Å²) in [5, 5.41) is 41.4. The summed E-state index contributed by atoms with van der Waals surface area (Å²) in [6.45, 7) is 0. The Morgan fingerprint density at radius 3 is 2.19 bits per heavy atom. The molecule has 0 aliphatic rings. The topological polar surface area (TPSA) is 144 Å². The maximum atomic E-state index is 12.9. The van der Waals surface area contributed by atoms with E-state index in [4.69, 9.17) is 0 Å². The number of carbonyl (C=O) groups excluding carboxylic acids is 1. The average molecular weight is 435 g/mol. The van der Waals surface area contributed by atoms with Crippen LogP contribution in [-0.2, 0) is 11.2 Å². The first kappa shape index (κ1) is 22.5. The van der Waals surface area contributed by atoms with Crippen molar-refractivity contribution in [1.82, 2.24) is 5.32 Å². The number of benzene rings is 3. The van der Waals surface area contributed by atoms with Gasteiger partial charge in [-0.05, 0) is 47.4 Å². The first-order valence-corrected chi connectivity index (χ1v) is 9.68. The quantitative estimate of drug-likeness (QED) is 0.366. The molecule has 0 aromatic heterocycles. The van der Waals surface area contributed by atoms with Crippen molar-refractivity contribution in [1.29, 1.82) is 0 Å². The van der Waals surface area contributed by atoms with Crippen molar-refractivity contribution >= 4 is 17.8 Å². The summed E-state index contributed by atoms with van der Waals surface area (Å²) >= 11 is 0. The summed E-state index contributed by atoms with van der Waals surface area (Å²) in [7, 11) is 0. The molecule has 3 rings (SSSR count). The van der Waals surface area contributed by atoms with Gasteiger partial charge in [-0.15, -0.1) is 0 Å². The number of phenolic OH excluding ortho intramolecular Hbond substituents is 1. The number of amides is 1. The Balaban J connectivity index is 1.92. The number of phenols is 1. The van der Waals surface area contributed by atoms with E-state index in [-0.39, 0.29) is 23.3 Å². The Morgan fingerprint density at radius 2 is 1.53 bits per heavy atom. The molecular formula is C24H21NO7. The van der Waals surface area contributed by atoms with Gasteiger partial charge < -0.3 is 25.7 Å². The van der Waals surface area contributed by atoms with Crippen LogP contribution in [0, 0.1) is 0 Å². The molecule has 1 amide bonds. The van der Waals surface area contributed by atoms with Crippen molar-refractivity contribution in [2.24, 2.45) is 0 Å². The largest absolute Gasteiger partial charge is 0.508 e. The Kier molecular flexibility index (Phi) is 6.87. The lowest BCUT2D eigenvalue weighted by atomic mass is 9.97. The number of rotatable bonds is 8. The van der Waals surface area contributed by atoms with Gasteiger partial charge in [0, 0.05) is 5.56 Å². The fourth-order valence-electron chi connectivity index (χ4n) is 3.35. The van der Waals surface area contributed by atoms with E-state index in [1.54, 1.807) is 48.5 Å². The second-order valence-electron chi connectivity index (χ2n) is 7.17. The summed E-state index contributed by atoms with van der Waals surface area (Å²) in [6.07, 6.45) is -1.79. The number of carboxylic acid groups (broad SMARTS) is 2. The lowest BCUT2D eigenvalue weighted by molar-refractivity contribution is -0.148. The molecule has 0 heterocycles. The van der Waals surface area contributed by atoms with Crippen LogP contribution in [-0.4, -0.2) is 50.4 Å². The van der Waals surface area contributed by atoms with Gasteiger partial charge in [-0.25, -0.2) is 9.59 Å². The van der Waals surface area contributed by atoms with Crippen molar-refractivity contribution in [2.75, 3.05) is 0 Å². The molecule has 0 aliphatic heterocycles. The number of hydrogen-bond donors (Lipinski definition) is 5. The summed E-state index contributed by atoms with van der Waals surface area (Å²) in [4.78, 5) is 35.8. The highest BCUT2D eigenvalue weighted by Gasteiger charge is 2.28. The lowest BCUT2D eigenvalue weighted by Gasteiger charge is -2.22. The van der Waals surface area contributed by atoms with Gasteiger partial charge in [-0.1, -0.05) is 48.5 Å². The minimum absolute atomic E-state index is 0.00675. The number of aromatic carboxylic acids is 1. The molecule has 8 heteroatoms.